The van der Waals surface area contributed by atoms with Crippen LogP contribution >= 0.6 is 0 Å². The monoisotopic (exact) mass is 301 g/mol. The van der Waals surface area contributed by atoms with E-state index in [9.17, 15) is 4.79 Å². The van der Waals surface area contributed by atoms with Gasteiger partial charge >= 0.3 is 5.97 Å². The lowest BCUT2D eigenvalue weighted by Crippen LogP contribution is -2.07. The Balaban J connectivity index is 3.05. The summed E-state index contributed by atoms with van der Waals surface area (Å²) in [7, 11) is 1.53. The van der Waals surface area contributed by atoms with Crippen molar-refractivity contribution in [3.8, 4) is 17.6 Å². The number of nitrogens with zero attached hydrogens (tertiary/aromatic N) is 1. The second-order valence-electron chi connectivity index (χ2n) is 4.63. The van der Waals surface area contributed by atoms with E-state index in [2.05, 4.69) is 6.58 Å². The highest BCUT2D eigenvalue weighted by molar-refractivity contribution is 5.98. The largest absolute Gasteiger partial charge is 0.493 e. The van der Waals surface area contributed by atoms with Gasteiger partial charge in [0.25, 0.3) is 0 Å². The number of nitriles is 1. The van der Waals surface area contributed by atoms with Gasteiger partial charge < -0.3 is 14.2 Å². The van der Waals surface area contributed by atoms with E-state index in [4.69, 9.17) is 19.5 Å². The molecule has 0 bridgehead atoms. The number of benzene rings is 1. The molecule has 0 amide bonds. The first-order valence-electron chi connectivity index (χ1n) is 6.76. The van der Waals surface area contributed by atoms with Gasteiger partial charge in [-0.3, -0.25) is 0 Å². The van der Waals surface area contributed by atoms with Crippen LogP contribution in [0.3, 0.4) is 0 Å². The fourth-order valence-corrected chi connectivity index (χ4v) is 1.64. The predicted octanol–water partition coefficient (Wildman–Crippen LogP) is 3.12. The topological polar surface area (TPSA) is 68.6 Å². The third kappa shape index (κ3) is 4.98. The zero-order valence-electron chi connectivity index (χ0n) is 13.0. The molecule has 0 aromatic heterocycles. The molecule has 5 nitrogen and oxygen atoms in total. The van der Waals surface area contributed by atoms with Gasteiger partial charge in [0.2, 0.25) is 0 Å². The van der Waals surface area contributed by atoms with Gasteiger partial charge in [-0.2, -0.15) is 5.26 Å². The number of hydrogen-bond acceptors (Lipinski definition) is 5. The lowest BCUT2D eigenvalue weighted by molar-refractivity contribution is -0.137. The zero-order valence-corrected chi connectivity index (χ0v) is 13.0. The SMILES string of the molecule is C=CCOC(=O)/C(C#N)=C/c1ccc(OC(C)C)c(OC)c1. The van der Waals surface area contributed by atoms with Crippen LogP contribution in [0.2, 0.25) is 0 Å². The summed E-state index contributed by atoms with van der Waals surface area (Å²) >= 11 is 0. The number of methoxy groups -OCH3 is 1. The van der Waals surface area contributed by atoms with Crippen LogP contribution in [0.1, 0.15) is 19.4 Å². The lowest BCUT2D eigenvalue weighted by atomic mass is 10.1. The van der Waals surface area contributed by atoms with E-state index < -0.39 is 5.97 Å². The summed E-state index contributed by atoms with van der Waals surface area (Å²) < 4.78 is 15.7. The minimum absolute atomic E-state index is 0.0128. The maximum Gasteiger partial charge on any atom is 0.349 e. The van der Waals surface area contributed by atoms with Gasteiger partial charge in [-0.05, 0) is 37.6 Å². The molecule has 0 heterocycles. The van der Waals surface area contributed by atoms with Crippen molar-refractivity contribution < 1.29 is 19.0 Å². The summed E-state index contributed by atoms with van der Waals surface area (Å²) in [6.45, 7) is 7.33. The van der Waals surface area contributed by atoms with Crippen LogP contribution in [0.15, 0.2) is 36.4 Å². The Bertz CT molecular complexity index is 612. The molecule has 5 heteroatoms. The zero-order chi connectivity index (χ0) is 16.5. The molecule has 1 aromatic rings. The fourth-order valence-electron chi connectivity index (χ4n) is 1.64. The Morgan fingerprint density at radius 3 is 2.68 bits per heavy atom. The van der Waals surface area contributed by atoms with E-state index in [-0.39, 0.29) is 18.3 Å². The van der Waals surface area contributed by atoms with Crippen LogP contribution in [0, 0.1) is 11.3 Å². The number of carbonyl (C=O) groups excluding carboxylic acids is 1. The summed E-state index contributed by atoms with van der Waals surface area (Å²) in [5, 5.41) is 9.06. The van der Waals surface area contributed by atoms with Gasteiger partial charge in [-0.25, -0.2) is 4.79 Å². The molecule has 0 radical (unpaired) electrons. The standard InChI is InChI=1S/C17H19NO4/c1-5-8-21-17(19)14(11-18)9-13-6-7-15(22-12(2)3)16(10-13)20-4/h5-7,9-10,12H,1,8H2,2-4H3/b14-9+. The van der Waals surface area contributed by atoms with Crippen LogP contribution in [-0.4, -0.2) is 25.8 Å². The van der Waals surface area contributed by atoms with Crippen LogP contribution in [0.25, 0.3) is 6.08 Å². The Kier molecular flexibility index (Phi) is 6.71. The first-order valence-corrected chi connectivity index (χ1v) is 6.76. The molecule has 0 unspecified atom stereocenters. The Morgan fingerprint density at radius 2 is 2.14 bits per heavy atom. The number of esters is 1. The van der Waals surface area contributed by atoms with Crippen molar-refractivity contribution in [3.05, 3.63) is 42.0 Å². The van der Waals surface area contributed by atoms with E-state index in [1.807, 2.05) is 19.9 Å². The Morgan fingerprint density at radius 1 is 1.41 bits per heavy atom. The van der Waals surface area contributed by atoms with Gasteiger partial charge in [0.15, 0.2) is 11.5 Å². The minimum atomic E-state index is -0.691. The maximum absolute atomic E-state index is 11.7. The van der Waals surface area contributed by atoms with E-state index in [1.54, 1.807) is 18.2 Å². The molecule has 0 spiro atoms. The van der Waals surface area contributed by atoms with Crippen molar-refractivity contribution in [2.24, 2.45) is 0 Å². The summed E-state index contributed by atoms with van der Waals surface area (Å²) in [4.78, 5) is 11.7. The van der Waals surface area contributed by atoms with E-state index in [0.29, 0.717) is 17.1 Å². The molecule has 0 fully saturated rings. The summed E-state index contributed by atoms with van der Waals surface area (Å²) in [5.41, 5.74) is 0.543. The first-order chi connectivity index (χ1) is 10.5. The molecule has 0 saturated carbocycles. The van der Waals surface area contributed by atoms with Crippen LogP contribution in [-0.2, 0) is 9.53 Å². The third-order valence-electron chi connectivity index (χ3n) is 2.53. The molecule has 1 aromatic carbocycles. The van der Waals surface area contributed by atoms with Crippen molar-refractivity contribution in [2.45, 2.75) is 20.0 Å². The van der Waals surface area contributed by atoms with Crippen molar-refractivity contribution in [1.29, 1.82) is 5.26 Å². The molecule has 0 N–H and O–H groups in total. The lowest BCUT2D eigenvalue weighted by Gasteiger charge is -2.13. The van der Waals surface area contributed by atoms with Gasteiger partial charge in [0.05, 0.1) is 13.2 Å². The number of carbonyl (C=O) groups is 1. The smallest absolute Gasteiger partial charge is 0.349 e. The number of hydrogen-bond donors (Lipinski definition) is 0. The second-order valence-corrected chi connectivity index (χ2v) is 4.63. The third-order valence-corrected chi connectivity index (χ3v) is 2.53. The fraction of sp³-hybridized carbons (Fsp3) is 0.294. The van der Waals surface area contributed by atoms with E-state index in [1.165, 1.54) is 19.3 Å². The molecule has 1 rings (SSSR count). The summed E-state index contributed by atoms with van der Waals surface area (Å²) in [6, 6.07) is 6.98. The van der Waals surface area contributed by atoms with E-state index in [0.717, 1.165) is 0 Å². The highest BCUT2D eigenvalue weighted by atomic mass is 16.5. The molecule has 116 valence electrons. The molecular formula is C17H19NO4. The molecule has 0 aliphatic rings. The normalized spacial score (nSPS) is 10.8. The number of ether oxygens (including phenoxy) is 3. The maximum atomic E-state index is 11.7. The highest BCUT2D eigenvalue weighted by Gasteiger charge is 2.12. The van der Waals surface area contributed by atoms with Crippen LogP contribution in [0.4, 0.5) is 0 Å². The quantitative estimate of drug-likeness (QED) is 0.335. The van der Waals surface area contributed by atoms with Crippen LogP contribution in [0.5, 0.6) is 11.5 Å². The van der Waals surface area contributed by atoms with Crippen molar-refractivity contribution in [3.63, 3.8) is 0 Å². The highest BCUT2D eigenvalue weighted by Crippen LogP contribution is 2.29. The molecule has 0 aliphatic carbocycles. The molecule has 0 atom stereocenters. The Hall–Kier alpha value is -2.74. The number of rotatable bonds is 7. The minimum Gasteiger partial charge on any atom is -0.493 e. The average molecular weight is 301 g/mol. The summed E-state index contributed by atoms with van der Waals surface area (Å²) in [5.74, 6) is 0.436. The van der Waals surface area contributed by atoms with Gasteiger partial charge in [-0.15, -0.1) is 0 Å². The second kappa shape index (κ2) is 8.53. The van der Waals surface area contributed by atoms with E-state index >= 15 is 0 Å². The first kappa shape index (κ1) is 17.3. The van der Waals surface area contributed by atoms with Crippen molar-refractivity contribution in [2.75, 3.05) is 13.7 Å². The molecule has 22 heavy (non-hydrogen) atoms. The predicted molar refractivity (Wildman–Crippen MR) is 83.5 cm³/mol. The summed E-state index contributed by atoms with van der Waals surface area (Å²) in [6.07, 6.45) is 2.89. The van der Waals surface area contributed by atoms with Gasteiger partial charge in [0, 0.05) is 0 Å². The molecule has 0 saturated heterocycles. The van der Waals surface area contributed by atoms with Crippen LogP contribution < -0.4 is 9.47 Å². The molecular weight excluding hydrogens is 282 g/mol. The Labute approximate surface area is 130 Å². The van der Waals surface area contributed by atoms with Crippen molar-refractivity contribution in [1.82, 2.24) is 0 Å². The molecule has 0 aliphatic heterocycles. The average Bonchev–Trinajstić information content (AvgIpc) is 2.50. The van der Waals surface area contributed by atoms with Gasteiger partial charge in [-0.1, -0.05) is 18.7 Å². The van der Waals surface area contributed by atoms with Gasteiger partial charge in [0.1, 0.15) is 18.2 Å². The van der Waals surface area contributed by atoms with Crippen molar-refractivity contribution >= 4 is 12.0 Å².